The van der Waals surface area contributed by atoms with Crippen LogP contribution in [0, 0.1) is 0 Å². The number of amides is 1. The van der Waals surface area contributed by atoms with Crippen LogP contribution >= 0.6 is 0 Å². The van der Waals surface area contributed by atoms with Gasteiger partial charge >= 0.3 is 0 Å². The van der Waals surface area contributed by atoms with Crippen molar-refractivity contribution in [3.05, 3.63) is 72.2 Å². The minimum Gasteiger partial charge on any atom is -0.394 e. The number of rotatable bonds is 5. The van der Waals surface area contributed by atoms with E-state index in [2.05, 4.69) is 25.5 Å². The number of hydrogen-bond acceptors (Lipinski definition) is 4. The molecule has 1 atom stereocenters. The summed E-state index contributed by atoms with van der Waals surface area (Å²) in [6.07, 6.45) is 3.42. The summed E-state index contributed by atoms with van der Waals surface area (Å²) in [4.78, 5) is 19.7. The lowest BCUT2D eigenvalue weighted by atomic mass is 10.1. The zero-order valence-electron chi connectivity index (χ0n) is 13.8. The van der Waals surface area contributed by atoms with Crippen molar-refractivity contribution in [1.82, 2.24) is 25.5 Å². The fraction of sp³-hybridized carbons (Fsp3) is 0.105. The van der Waals surface area contributed by atoms with Crippen molar-refractivity contribution in [3.63, 3.8) is 0 Å². The van der Waals surface area contributed by atoms with Crippen LogP contribution in [-0.4, -0.2) is 37.8 Å². The van der Waals surface area contributed by atoms with Crippen molar-refractivity contribution in [2.45, 2.75) is 6.04 Å². The van der Waals surface area contributed by atoms with Crippen molar-refractivity contribution < 1.29 is 9.90 Å². The summed E-state index contributed by atoms with van der Waals surface area (Å²) in [5.41, 5.74) is 3.48. The second-order valence-electron chi connectivity index (χ2n) is 5.89. The number of pyridine rings is 1. The zero-order valence-corrected chi connectivity index (χ0v) is 13.8. The van der Waals surface area contributed by atoms with Gasteiger partial charge in [0.25, 0.3) is 5.91 Å². The number of hydrogen-bond donors (Lipinski definition) is 4. The number of fused-ring (bicyclic) bond motifs is 1. The van der Waals surface area contributed by atoms with Gasteiger partial charge in [0.1, 0.15) is 5.69 Å². The third kappa shape index (κ3) is 2.96. The minimum absolute atomic E-state index is 0.180. The molecule has 7 heteroatoms. The maximum absolute atomic E-state index is 12.5. The van der Waals surface area contributed by atoms with Crippen LogP contribution < -0.4 is 5.32 Å². The lowest BCUT2D eigenvalue weighted by Gasteiger charge is -2.16. The van der Waals surface area contributed by atoms with Crippen LogP contribution in [0.1, 0.15) is 22.1 Å². The molecule has 0 radical (unpaired) electrons. The van der Waals surface area contributed by atoms with Gasteiger partial charge in [-0.05, 0) is 23.8 Å². The van der Waals surface area contributed by atoms with Crippen LogP contribution in [0.3, 0.4) is 0 Å². The Morgan fingerprint density at radius 3 is 2.85 bits per heavy atom. The first kappa shape index (κ1) is 16.0. The molecule has 4 aromatic rings. The second kappa shape index (κ2) is 6.81. The van der Waals surface area contributed by atoms with Gasteiger partial charge in [-0.25, -0.2) is 4.98 Å². The molecule has 0 aliphatic rings. The molecule has 0 aliphatic carbocycles. The molecule has 26 heavy (non-hydrogen) atoms. The molecule has 4 N–H and O–H groups in total. The van der Waals surface area contributed by atoms with Gasteiger partial charge < -0.3 is 15.4 Å². The number of carbonyl (C=O) groups is 1. The molecule has 0 spiro atoms. The van der Waals surface area contributed by atoms with Gasteiger partial charge in [0.15, 0.2) is 5.65 Å². The largest absolute Gasteiger partial charge is 0.394 e. The molecular formula is C19H17N5O2. The van der Waals surface area contributed by atoms with E-state index in [0.717, 1.165) is 22.2 Å². The van der Waals surface area contributed by atoms with Crippen molar-refractivity contribution in [1.29, 1.82) is 0 Å². The summed E-state index contributed by atoms with van der Waals surface area (Å²) in [5.74, 6) is -0.291. The van der Waals surface area contributed by atoms with Crippen LogP contribution in [0.5, 0.6) is 0 Å². The van der Waals surface area contributed by atoms with Crippen LogP contribution in [0.2, 0.25) is 0 Å². The molecule has 7 nitrogen and oxygen atoms in total. The normalized spacial score (nSPS) is 12.2. The van der Waals surface area contributed by atoms with E-state index in [9.17, 15) is 9.90 Å². The highest BCUT2D eigenvalue weighted by Crippen LogP contribution is 2.25. The number of carbonyl (C=O) groups excluding carboxylic acids is 1. The van der Waals surface area contributed by atoms with Gasteiger partial charge in [-0.1, -0.05) is 30.3 Å². The standard InChI is InChI=1S/C19H17N5O2/c25-11-16(12-5-2-1-3-6-12)22-19(26)15-9-13(10-21-15)17-14-7-4-8-20-18(14)24-23-17/h1-10,16,21,25H,11H2,(H,22,26)(H,20,23,24)/t16-/m1/s1. The molecule has 4 rings (SSSR count). The van der Waals surface area contributed by atoms with Gasteiger partial charge in [0, 0.05) is 23.3 Å². The molecule has 0 aliphatic heterocycles. The van der Waals surface area contributed by atoms with Gasteiger partial charge in [-0.15, -0.1) is 0 Å². The molecule has 0 bridgehead atoms. The number of nitrogens with zero attached hydrogens (tertiary/aromatic N) is 2. The molecule has 0 fully saturated rings. The Hall–Kier alpha value is -3.45. The Bertz CT molecular complexity index is 1040. The van der Waals surface area contributed by atoms with E-state index in [4.69, 9.17) is 0 Å². The quantitative estimate of drug-likeness (QED) is 0.445. The Labute approximate surface area is 149 Å². The number of aromatic nitrogens is 4. The number of aliphatic hydroxyl groups excluding tert-OH is 1. The third-order valence-electron chi connectivity index (χ3n) is 4.24. The maximum Gasteiger partial charge on any atom is 0.268 e. The fourth-order valence-corrected chi connectivity index (χ4v) is 2.90. The SMILES string of the molecule is O=C(N[C@H](CO)c1ccccc1)c1cc(-c2[nH]nc3ncccc23)c[nH]1. The second-order valence-corrected chi connectivity index (χ2v) is 5.89. The predicted octanol–water partition coefficient (Wildman–Crippen LogP) is 2.42. The van der Waals surface area contributed by atoms with E-state index in [1.165, 1.54) is 0 Å². The van der Waals surface area contributed by atoms with Crippen LogP contribution in [0.25, 0.3) is 22.3 Å². The number of nitrogens with one attached hydrogen (secondary N) is 3. The van der Waals surface area contributed by atoms with E-state index in [-0.39, 0.29) is 12.5 Å². The first-order valence-corrected chi connectivity index (χ1v) is 8.21. The minimum atomic E-state index is -0.465. The Kier molecular flexibility index (Phi) is 4.20. The monoisotopic (exact) mass is 347 g/mol. The summed E-state index contributed by atoms with van der Waals surface area (Å²) in [6, 6.07) is 14.4. The van der Waals surface area contributed by atoms with E-state index in [1.54, 1.807) is 18.5 Å². The number of aliphatic hydroxyl groups is 1. The summed E-state index contributed by atoms with van der Waals surface area (Å²) in [5, 5.41) is 20.4. The summed E-state index contributed by atoms with van der Waals surface area (Å²) >= 11 is 0. The molecule has 0 unspecified atom stereocenters. The summed E-state index contributed by atoms with van der Waals surface area (Å²) in [6.45, 7) is -0.180. The van der Waals surface area contributed by atoms with Crippen molar-refractivity contribution in [2.24, 2.45) is 0 Å². The van der Waals surface area contributed by atoms with Crippen molar-refractivity contribution >= 4 is 16.9 Å². The van der Waals surface area contributed by atoms with Gasteiger partial charge in [0.2, 0.25) is 0 Å². The topological polar surface area (TPSA) is 107 Å². The first-order chi connectivity index (χ1) is 12.8. The Morgan fingerprint density at radius 1 is 1.19 bits per heavy atom. The lowest BCUT2D eigenvalue weighted by molar-refractivity contribution is 0.0912. The molecule has 130 valence electrons. The van der Waals surface area contributed by atoms with E-state index >= 15 is 0 Å². The van der Waals surface area contributed by atoms with E-state index in [1.807, 2.05) is 42.5 Å². The molecule has 0 saturated carbocycles. The van der Waals surface area contributed by atoms with Crippen LogP contribution in [0.4, 0.5) is 0 Å². The highest BCUT2D eigenvalue weighted by atomic mass is 16.3. The summed E-state index contributed by atoms with van der Waals surface area (Å²) in [7, 11) is 0. The lowest BCUT2D eigenvalue weighted by Crippen LogP contribution is -2.30. The smallest absolute Gasteiger partial charge is 0.268 e. The van der Waals surface area contributed by atoms with Crippen LogP contribution in [-0.2, 0) is 0 Å². The summed E-state index contributed by atoms with van der Waals surface area (Å²) < 4.78 is 0. The average molecular weight is 347 g/mol. The average Bonchev–Trinajstić information content (AvgIpc) is 3.33. The molecule has 0 saturated heterocycles. The van der Waals surface area contributed by atoms with E-state index < -0.39 is 6.04 Å². The fourth-order valence-electron chi connectivity index (χ4n) is 2.90. The number of H-pyrrole nitrogens is 2. The third-order valence-corrected chi connectivity index (χ3v) is 4.24. The van der Waals surface area contributed by atoms with Gasteiger partial charge in [0.05, 0.1) is 18.3 Å². The maximum atomic E-state index is 12.5. The highest BCUT2D eigenvalue weighted by Gasteiger charge is 2.17. The zero-order chi connectivity index (χ0) is 17.9. The molecule has 3 heterocycles. The molecule has 1 aromatic carbocycles. The Balaban J connectivity index is 1.57. The first-order valence-electron chi connectivity index (χ1n) is 8.21. The van der Waals surface area contributed by atoms with Gasteiger partial charge in [-0.2, -0.15) is 5.10 Å². The van der Waals surface area contributed by atoms with Crippen molar-refractivity contribution in [3.8, 4) is 11.3 Å². The predicted molar refractivity (Wildman–Crippen MR) is 97.4 cm³/mol. The van der Waals surface area contributed by atoms with E-state index in [0.29, 0.717) is 11.3 Å². The highest BCUT2D eigenvalue weighted by molar-refractivity contribution is 5.96. The van der Waals surface area contributed by atoms with Gasteiger partial charge in [-0.3, -0.25) is 9.89 Å². The molecule has 3 aromatic heterocycles. The molecule has 1 amide bonds. The molecular weight excluding hydrogens is 330 g/mol. The van der Waals surface area contributed by atoms with Crippen molar-refractivity contribution in [2.75, 3.05) is 6.61 Å². The van der Waals surface area contributed by atoms with Crippen LogP contribution in [0.15, 0.2) is 60.9 Å². The number of benzene rings is 1. The number of aromatic amines is 2. The Morgan fingerprint density at radius 2 is 2.04 bits per heavy atom.